The molecule has 1 fully saturated rings. The van der Waals surface area contributed by atoms with E-state index in [1.54, 1.807) is 0 Å². The number of hydrogen-bond donors (Lipinski definition) is 0. The standard InChI is InChI=1S/C6H10O2/c1-2-6-3-5(7)4-8-6/h6H,2-4H2,1H3/t6-/m1/s1. The molecule has 8 heavy (non-hydrogen) atoms. The van der Waals surface area contributed by atoms with Crippen LogP contribution in [0.1, 0.15) is 19.8 Å². The topological polar surface area (TPSA) is 26.3 Å². The lowest BCUT2D eigenvalue weighted by molar-refractivity contribution is -0.117. The van der Waals surface area contributed by atoms with Crippen molar-refractivity contribution >= 4 is 5.78 Å². The van der Waals surface area contributed by atoms with Crippen molar-refractivity contribution in [2.24, 2.45) is 0 Å². The van der Waals surface area contributed by atoms with Crippen LogP contribution in [0, 0.1) is 0 Å². The summed E-state index contributed by atoms with van der Waals surface area (Å²) < 4.78 is 5.06. The van der Waals surface area contributed by atoms with Gasteiger partial charge in [-0.05, 0) is 6.42 Å². The lowest BCUT2D eigenvalue weighted by Gasteiger charge is -1.99. The van der Waals surface area contributed by atoms with Crippen LogP contribution in [0.25, 0.3) is 0 Å². The van der Waals surface area contributed by atoms with E-state index in [9.17, 15) is 4.79 Å². The van der Waals surface area contributed by atoms with E-state index in [1.807, 2.05) is 6.92 Å². The van der Waals surface area contributed by atoms with Crippen LogP contribution in [0.5, 0.6) is 0 Å². The maximum Gasteiger partial charge on any atom is 0.161 e. The maximum absolute atomic E-state index is 10.5. The molecule has 1 rings (SSSR count). The van der Waals surface area contributed by atoms with Crippen LogP contribution < -0.4 is 0 Å². The van der Waals surface area contributed by atoms with Gasteiger partial charge in [0.1, 0.15) is 6.61 Å². The average molecular weight is 114 g/mol. The first-order valence-corrected chi connectivity index (χ1v) is 2.96. The van der Waals surface area contributed by atoms with Crippen molar-refractivity contribution < 1.29 is 9.53 Å². The van der Waals surface area contributed by atoms with E-state index < -0.39 is 0 Å². The second kappa shape index (κ2) is 2.27. The molecule has 0 unspecified atom stereocenters. The summed E-state index contributed by atoms with van der Waals surface area (Å²) in [5.41, 5.74) is 0. The molecule has 2 nitrogen and oxygen atoms in total. The third-order valence-electron chi connectivity index (χ3n) is 1.39. The van der Waals surface area contributed by atoms with E-state index in [4.69, 9.17) is 4.74 Å². The minimum Gasteiger partial charge on any atom is -0.370 e. The van der Waals surface area contributed by atoms with E-state index in [2.05, 4.69) is 0 Å². The highest BCUT2D eigenvalue weighted by Gasteiger charge is 2.20. The van der Waals surface area contributed by atoms with Crippen molar-refractivity contribution in [3.8, 4) is 0 Å². The van der Waals surface area contributed by atoms with Gasteiger partial charge < -0.3 is 4.74 Å². The molecule has 0 N–H and O–H groups in total. The van der Waals surface area contributed by atoms with Crippen LogP contribution in [-0.4, -0.2) is 18.5 Å². The van der Waals surface area contributed by atoms with Crippen LogP contribution in [0.2, 0.25) is 0 Å². The Morgan fingerprint density at radius 2 is 2.62 bits per heavy atom. The normalized spacial score (nSPS) is 29.1. The highest BCUT2D eigenvalue weighted by molar-refractivity contribution is 5.81. The fraction of sp³-hybridized carbons (Fsp3) is 0.833. The second-order valence-electron chi connectivity index (χ2n) is 2.08. The largest absolute Gasteiger partial charge is 0.370 e. The minimum atomic E-state index is 0.225. The first-order valence-electron chi connectivity index (χ1n) is 2.96. The number of carbonyl (C=O) groups excluding carboxylic acids is 1. The summed E-state index contributed by atoms with van der Waals surface area (Å²) >= 11 is 0. The molecule has 0 spiro atoms. The molecule has 1 heterocycles. The molecule has 1 atom stereocenters. The predicted molar refractivity (Wildman–Crippen MR) is 29.7 cm³/mol. The highest BCUT2D eigenvalue weighted by Crippen LogP contribution is 2.10. The smallest absolute Gasteiger partial charge is 0.161 e. The molecule has 0 amide bonds. The average Bonchev–Trinajstić information content (AvgIpc) is 2.14. The van der Waals surface area contributed by atoms with Crippen molar-refractivity contribution in [3.63, 3.8) is 0 Å². The molecule has 1 aliphatic heterocycles. The first kappa shape index (κ1) is 5.76. The van der Waals surface area contributed by atoms with Crippen LogP contribution >= 0.6 is 0 Å². The summed E-state index contributed by atoms with van der Waals surface area (Å²) in [5, 5.41) is 0. The Hall–Kier alpha value is -0.370. The Bertz CT molecular complexity index is 98.7. The fourth-order valence-electron chi connectivity index (χ4n) is 0.845. The van der Waals surface area contributed by atoms with Crippen molar-refractivity contribution in [2.45, 2.75) is 25.9 Å². The molecule has 0 bridgehead atoms. The van der Waals surface area contributed by atoms with E-state index >= 15 is 0 Å². The number of ether oxygens (including phenoxy) is 1. The van der Waals surface area contributed by atoms with Gasteiger partial charge in [-0.3, -0.25) is 4.79 Å². The van der Waals surface area contributed by atoms with Crippen LogP contribution in [0.3, 0.4) is 0 Å². The third-order valence-corrected chi connectivity index (χ3v) is 1.39. The van der Waals surface area contributed by atoms with Crippen molar-refractivity contribution in [1.29, 1.82) is 0 Å². The van der Waals surface area contributed by atoms with Gasteiger partial charge in [-0.15, -0.1) is 0 Å². The van der Waals surface area contributed by atoms with Gasteiger partial charge in [0.15, 0.2) is 5.78 Å². The van der Waals surface area contributed by atoms with Gasteiger partial charge in [0.2, 0.25) is 0 Å². The SMILES string of the molecule is CC[C@@H]1CC(=O)CO1. The zero-order valence-electron chi connectivity index (χ0n) is 5.02. The van der Waals surface area contributed by atoms with Crippen LogP contribution in [0.15, 0.2) is 0 Å². The Labute approximate surface area is 48.8 Å². The van der Waals surface area contributed by atoms with Crippen molar-refractivity contribution in [2.75, 3.05) is 6.61 Å². The van der Waals surface area contributed by atoms with Crippen molar-refractivity contribution in [3.05, 3.63) is 0 Å². The second-order valence-corrected chi connectivity index (χ2v) is 2.08. The van der Waals surface area contributed by atoms with Gasteiger partial charge in [0.05, 0.1) is 6.10 Å². The van der Waals surface area contributed by atoms with E-state index in [1.165, 1.54) is 0 Å². The molecule has 0 aromatic carbocycles. The summed E-state index contributed by atoms with van der Waals surface area (Å²) in [6.07, 6.45) is 1.82. The number of Topliss-reactive ketones (excluding diaryl/α,β-unsaturated/α-hetero) is 1. The zero-order valence-corrected chi connectivity index (χ0v) is 5.02. The van der Waals surface area contributed by atoms with Crippen LogP contribution in [0.4, 0.5) is 0 Å². The van der Waals surface area contributed by atoms with Gasteiger partial charge in [0.25, 0.3) is 0 Å². The van der Waals surface area contributed by atoms with E-state index in [0.29, 0.717) is 13.0 Å². The van der Waals surface area contributed by atoms with Crippen LogP contribution in [-0.2, 0) is 9.53 Å². The van der Waals surface area contributed by atoms with Gasteiger partial charge in [0, 0.05) is 6.42 Å². The Balaban J connectivity index is 2.32. The quantitative estimate of drug-likeness (QED) is 0.503. The number of rotatable bonds is 1. The summed E-state index contributed by atoms with van der Waals surface area (Å²) in [4.78, 5) is 10.5. The first-order chi connectivity index (χ1) is 3.83. The molecule has 0 saturated carbocycles. The molecular formula is C6H10O2. The fourth-order valence-corrected chi connectivity index (χ4v) is 0.845. The molecule has 2 heteroatoms. The Kier molecular flexibility index (Phi) is 1.63. The summed E-state index contributed by atoms with van der Waals surface area (Å²) in [5.74, 6) is 0.247. The molecule has 1 saturated heterocycles. The number of hydrogen-bond acceptors (Lipinski definition) is 2. The van der Waals surface area contributed by atoms with Crippen molar-refractivity contribution in [1.82, 2.24) is 0 Å². The lowest BCUT2D eigenvalue weighted by Crippen LogP contribution is -2.00. The molecule has 0 aromatic rings. The number of ketones is 1. The molecule has 1 aliphatic rings. The maximum atomic E-state index is 10.5. The Morgan fingerprint density at radius 1 is 1.88 bits per heavy atom. The minimum absolute atomic E-state index is 0.225. The predicted octanol–water partition coefficient (Wildman–Crippen LogP) is 0.754. The lowest BCUT2D eigenvalue weighted by atomic mass is 10.2. The van der Waals surface area contributed by atoms with E-state index in [0.717, 1.165) is 6.42 Å². The summed E-state index contributed by atoms with van der Waals surface area (Å²) in [7, 11) is 0. The molecule has 0 aliphatic carbocycles. The monoisotopic (exact) mass is 114 g/mol. The number of carbonyl (C=O) groups is 1. The molecule has 0 radical (unpaired) electrons. The van der Waals surface area contributed by atoms with Gasteiger partial charge in [-0.2, -0.15) is 0 Å². The summed E-state index contributed by atoms with van der Waals surface area (Å²) in [6.45, 7) is 2.38. The third kappa shape index (κ3) is 1.07. The Morgan fingerprint density at radius 3 is 2.88 bits per heavy atom. The molecule has 46 valence electrons. The van der Waals surface area contributed by atoms with E-state index in [-0.39, 0.29) is 11.9 Å². The van der Waals surface area contributed by atoms with Gasteiger partial charge in [-0.25, -0.2) is 0 Å². The molecular weight excluding hydrogens is 104 g/mol. The zero-order chi connectivity index (χ0) is 5.98. The van der Waals surface area contributed by atoms with Gasteiger partial charge in [-0.1, -0.05) is 6.92 Å². The summed E-state index contributed by atoms with van der Waals surface area (Å²) in [6, 6.07) is 0. The molecule has 0 aromatic heterocycles. The van der Waals surface area contributed by atoms with Gasteiger partial charge >= 0.3 is 0 Å². The highest BCUT2D eigenvalue weighted by atomic mass is 16.5.